The number of hydrogen-bond donors (Lipinski definition) is 0. The highest BCUT2D eigenvalue weighted by Crippen LogP contribution is 2.28. The van der Waals surface area contributed by atoms with Crippen LogP contribution in [-0.2, 0) is 6.42 Å². The van der Waals surface area contributed by atoms with E-state index in [1.165, 1.54) is 0 Å². The molecule has 2 aromatic rings. The summed E-state index contributed by atoms with van der Waals surface area (Å²) in [7, 11) is 0. The average molecular weight is 223 g/mol. The molecule has 0 bridgehead atoms. The third-order valence-corrected chi connectivity index (χ3v) is 2.50. The highest BCUT2D eigenvalue weighted by Gasteiger charge is 2.17. The molecule has 0 N–H and O–H groups in total. The molecule has 1 aliphatic heterocycles. The summed E-state index contributed by atoms with van der Waals surface area (Å²) in [6, 6.07) is 5.41. The van der Waals surface area contributed by atoms with E-state index in [1.54, 1.807) is 16.8 Å². The monoisotopic (exact) mass is 222 g/mol. The second-order valence-corrected chi connectivity index (χ2v) is 3.65. The van der Waals surface area contributed by atoms with E-state index in [2.05, 4.69) is 15.5 Å². The number of halogens is 1. The van der Waals surface area contributed by atoms with Gasteiger partial charge in [-0.25, -0.2) is 0 Å². The third-order valence-electron chi connectivity index (χ3n) is 2.27. The summed E-state index contributed by atoms with van der Waals surface area (Å²) in [6.45, 7) is 0.563. The number of fused-ring (bicyclic) bond motifs is 3. The van der Waals surface area contributed by atoms with Gasteiger partial charge in [0, 0.05) is 17.5 Å². The number of benzene rings is 1. The van der Waals surface area contributed by atoms with Crippen molar-refractivity contribution in [2.45, 2.75) is 6.42 Å². The molecule has 3 rings (SSSR count). The molecule has 0 spiro atoms. The predicted molar refractivity (Wildman–Crippen MR) is 53.4 cm³/mol. The second kappa shape index (κ2) is 3.20. The van der Waals surface area contributed by atoms with Crippen LogP contribution >= 0.6 is 11.6 Å². The van der Waals surface area contributed by atoms with E-state index in [-0.39, 0.29) is 0 Å². The Kier molecular flexibility index (Phi) is 1.85. The Morgan fingerprint density at radius 2 is 2.33 bits per heavy atom. The maximum absolute atomic E-state index is 5.89. The van der Waals surface area contributed by atoms with Crippen LogP contribution in [0.25, 0.3) is 5.69 Å². The maximum atomic E-state index is 5.89. The summed E-state index contributed by atoms with van der Waals surface area (Å²) in [6.07, 6.45) is 0.694. The summed E-state index contributed by atoms with van der Waals surface area (Å²) in [5.74, 6) is 1.52. The highest BCUT2D eigenvalue weighted by atomic mass is 35.5. The number of hydrogen-bond acceptors (Lipinski definition) is 4. The van der Waals surface area contributed by atoms with Crippen LogP contribution in [0.3, 0.4) is 0 Å². The first kappa shape index (κ1) is 8.67. The first-order chi connectivity index (χ1) is 7.34. The first-order valence-electron chi connectivity index (χ1n) is 4.54. The summed E-state index contributed by atoms with van der Waals surface area (Å²) in [5, 5.41) is 12.1. The molecule has 1 aromatic carbocycles. The number of tetrazole rings is 1. The molecule has 0 amide bonds. The molecule has 0 atom stereocenters. The standard InChI is InChI=1S/C9H7ClN4O/c10-6-1-2-7-8(5-6)15-4-3-9-11-12-13-14(7)9/h1-2,5H,3-4H2. The van der Waals surface area contributed by atoms with Crippen LogP contribution in [-0.4, -0.2) is 26.8 Å². The van der Waals surface area contributed by atoms with Crippen LogP contribution in [0.1, 0.15) is 5.82 Å². The molecule has 76 valence electrons. The number of rotatable bonds is 0. The van der Waals surface area contributed by atoms with Gasteiger partial charge in [-0.05, 0) is 22.6 Å². The maximum Gasteiger partial charge on any atom is 0.160 e. The molecule has 0 aliphatic carbocycles. The van der Waals surface area contributed by atoms with E-state index in [0.29, 0.717) is 23.8 Å². The molecule has 0 saturated heterocycles. The zero-order chi connectivity index (χ0) is 10.3. The normalized spacial score (nSPS) is 13.7. The molecule has 0 radical (unpaired) electrons. The van der Waals surface area contributed by atoms with Gasteiger partial charge in [-0.1, -0.05) is 11.6 Å². The Labute approximate surface area is 90.6 Å². The lowest BCUT2D eigenvalue weighted by molar-refractivity contribution is 0.325. The van der Waals surface area contributed by atoms with Gasteiger partial charge in [-0.2, -0.15) is 4.68 Å². The summed E-state index contributed by atoms with van der Waals surface area (Å²) in [5.41, 5.74) is 0.830. The lowest BCUT2D eigenvalue weighted by Gasteiger charge is -2.06. The van der Waals surface area contributed by atoms with Gasteiger partial charge in [-0.3, -0.25) is 0 Å². The van der Waals surface area contributed by atoms with E-state index in [9.17, 15) is 0 Å². The quantitative estimate of drug-likeness (QED) is 0.673. The van der Waals surface area contributed by atoms with Gasteiger partial charge in [0.1, 0.15) is 11.4 Å². The van der Waals surface area contributed by atoms with E-state index in [1.807, 2.05) is 6.07 Å². The van der Waals surface area contributed by atoms with Gasteiger partial charge >= 0.3 is 0 Å². The van der Waals surface area contributed by atoms with E-state index in [4.69, 9.17) is 16.3 Å². The fourth-order valence-corrected chi connectivity index (χ4v) is 1.74. The lowest BCUT2D eigenvalue weighted by Crippen LogP contribution is -2.01. The van der Waals surface area contributed by atoms with Crippen LogP contribution < -0.4 is 4.74 Å². The number of aromatic nitrogens is 4. The second-order valence-electron chi connectivity index (χ2n) is 3.22. The molecule has 1 aromatic heterocycles. The minimum atomic E-state index is 0.563. The van der Waals surface area contributed by atoms with E-state index >= 15 is 0 Å². The molecule has 6 heteroatoms. The summed E-state index contributed by atoms with van der Waals surface area (Å²) in [4.78, 5) is 0. The fraction of sp³-hybridized carbons (Fsp3) is 0.222. The minimum Gasteiger partial charge on any atom is -0.491 e. The van der Waals surface area contributed by atoms with Crippen molar-refractivity contribution >= 4 is 11.6 Å². The SMILES string of the molecule is Clc1ccc2c(c1)OCCc1nnnn1-2. The Morgan fingerprint density at radius 3 is 3.27 bits per heavy atom. The molecular weight excluding hydrogens is 216 g/mol. The van der Waals surface area contributed by atoms with Crippen LogP contribution in [0.15, 0.2) is 18.2 Å². The minimum absolute atomic E-state index is 0.563. The topological polar surface area (TPSA) is 52.8 Å². The smallest absolute Gasteiger partial charge is 0.160 e. The van der Waals surface area contributed by atoms with Gasteiger partial charge < -0.3 is 4.74 Å². The Morgan fingerprint density at radius 1 is 1.40 bits per heavy atom. The highest BCUT2D eigenvalue weighted by molar-refractivity contribution is 6.30. The van der Waals surface area contributed by atoms with Crippen molar-refractivity contribution in [3.05, 3.63) is 29.0 Å². The zero-order valence-corrected chi connectivity index (χ0v) is 8.48. The molecule has 2 heterocycles. The molecule has 0 unspecified atom stereocenters. The molecule has 1 aliphatic rings. The third kappa shape index (κ3) is 1.35. The summed E-state index contributed by atoms with van der Waals surface area (Å²) >= 11 is 5.89. The Balaban J connectivity index is 2.25. The van der Waals surface area contributed by atoms with Gasteiger partial charge in [0.2, 0.25) is 0 Å². The van der Waals surface area contributed by atoms with Crippen LogP contribution in [0, 0.1) is 0 Å². The van der Waals surface area contributed by atoms with Crippen LogP contribution in [0.5, 0.6) is 5.75 Å². The molecular formula is C9H7ClN4O. The van der Waals surface area contributed by atoms with Gasteiger partial charge in [-0.15, -0.1) is 5.10 Å². The van der Waals surface area contributed by atoms with E-state index in [0.717, 1.165) is 11.5 Å². The number of nitrogens with zero attached hydrogens (tertiary/aromatic N) is 4. The summed E-state index contributed by atoms with van der Waals surface area (Å²) < 4.78 is 7.24. The van der Waals surface area contributed by atoms with Crippen molar-refractivity contribution < 1.29 is 4.74 Å². The van der Waals surface area contributed by atoms with Crippen molar-refractivity contribution in [2.75, 3.05) is 6.61 Å². The molecule has 15 heavy (non-hydrogen) atoms. The Hall–Kier alpha value is -1.62. The average Bonchev–Trinajstić information content (AvgIpc) is 2.61. The van der Waals surface area contributed by atoms with E-state index < -0.39 is 0 Å². The van der Waals surface area contributed by atoms with Gasteiger partial charge in [0.15, 0.2) is 5.82 Å². The molecule has 5 nitrogen and oxygen atoms in total. The molecule has 0 fully saturated rings. The van der Waals surface area contributed by atoms with Crippen LogP contribution in [0.4, 0.5) is 0 Å². The van der Waals surface area contributed by atoms with Gasteiger partial charge in [0.05, 0.1) is 6.61 Å². The lowest BCUT2D eigenvalue weighted by atomic mass is 10.3. The first-order valence-corrected chi connectivity index (χ1v) is 4.92. The van der Waals surface area contributed by atoms with Crippen molar-refractivity contribution in [1.29, 1.82) is 0 Å². The van der Waals surface area contributed by atoms with Crippen molar-refractivity contribution in [3.8, 4) is 11.4 Å². The van der Waals surface area contributed by atoms with Crippen molar-refractivity contribution in [3.63, 3.8) is 0 Å². The van der Waals surface area contributed by atoms with Crippen molar-refractivity contribution in [2.24, 2.45) is 0 Å². The van der Waals surface area contributed by atoms with Gasteiger partial charge in [0.25, 0.3) is 0 Å². The number of ether oxygens (including phenoxy) is 1. The van der Waals surface area contributed by atoms with Crippen molar-refractivity contribution in [1.82, 2.24) is 20.2 Å². The predicted octanol–water partition coefficient (Wildman–Crippen LogP) is 1.25. The zero-order valence-electron chi connectivity index (χ0n) is 7.72. The molecule has 0 saturated carbocycles. The fourth-order valence-electron chi connectivity index (χ4n) is 1.58. The Bertz CT molecular complexity index is 511. The largest absolute Gasteiger partial charge is 0.491 e. The van der Waals surface area contributed by atoms with Crippen LogP contribution in [0.2, 0.25) is 5.02 Å².